The molecule has 0 radical (unpaired) electrons. The number of hydrogen-bond acceptors (Lipinski definition) is 1. The Kier molecular flexibility index (Phi) is 7.19. The number of nitrogens with one attached hydrogen (secondary N) is 1. The summed E-state index contributed by atoms with van der Waals surface area (Å²) < 4.78 is 14.3. The Morgan fingerprint density at radius 3 is 2.30 bits per heavy atom. The number of hydrogen-bond donors (Lipinski definition) is 1. The van der Waals surface area contributed by atoms with E-state index in [0.29, 0.717) is 10.7 Å². The van der Waals surface area contributed by atoms with Crippen molar-refractivity contribution in [3.05, 3.63) is 94.3 Å². The van der Waals surface area contributed by atoms with E-state index in [-0.39, 0.29) is 11.2 Å². The summed E-state index contributed by atoms with van der Waals surface area (Å²) in [5.41, 5.74) is 4.51. The molecule has 0 aliphatic heterocycles. The largest absolute Gasteiger partial charge is 0.353 e. The lowest BCUT2D eigenvalue weighted by molar-refractivity contribution is 0.533. The lowest BCUT2D eigenvalue weighted by Crippen LogP contribution is -2.19. The van der Waals surface area contributed by atoms with Crippen LogP contribution in [0.25, 0.3) is 0 Å². The van der Waals surface area contributed by atoms with Crippen LogP contribution in [0.4, 0.5) is 15.8 Å². The van der Waals surface area contributed by atoms with Crippen molar-refractivity contribution in [3.8, 4) is 12.3 Å². The Bertz CT molecular complexity index is 1020. The molecule has 3 aromatic rings. The van der Waals surface area contributed by atoms with Gasteiger partial charge in [0.1, 0.15) is 5.82 Å². The summed E-state index contributed by atoms with van der Waals surface area (Å²) in [6.07, 6.45) is 9.55. The molecule has 0 amide bonds. The standard InChI is InChI=1S/C27H27ClFN/c1-4-20-8-11-22(12-9-20)27(3,5-2)18-6-7-21-10-17-25(29)26(19-21)30-24-15-13-23(28)14-16-24/h2,8-17,19,30H,4,6-7,18H2,1,3H3. The number of aryl methyl sites for hydroxylation is 2. The molecule has 154 valence electrons. The third kappa shape index (κ3) is 5.43. The molecule has 0 aliphatic carbocycles. The molecule has 3 rings (SSSR count). The summed E-state index contributed by atoms with van der Waals surface area (Å²) in [4.78, 5) is 0. The second-order valence-electron chi connectivity index (χ2n) is 7.83. The van der Waals surface area contributed by atoms with Gasteiger partial charge in [-0.25, -0.2) is 4.39 Å². The van der Waals surface area contributed by atoms with Crippen LogP contribution in [0.2, 0.25) is 5.02 Å². The first kappa shape index (κ1) is 21.9. The van der Waals surface area contributed by atoms with Crippen LogP contribution in [0.3, 0.4) is 0 Å². The second kappa shape index (κ2) is 9.83. The fraction of sp³-hybridized carbons (Fsp3) is 0.259. The van der Waals surface area contributed by atoms with Crippen LogP contribution in [-0.4, -0.2) is 0 Å². The van der Waals surface area contributed by atoms with E-state index < -0.39 is 0 Å². The van der Waals surface area contributed by atoms with Gasteiger partial charge in [-0.2, -0.15) is 0 Å². The van der Waals surface area contributed by atoms with Gasteiger partial charge >= 0.3 is 0 Å². The number of terminal acetylenes is 1. The lowest BCUT2D eigenvalue weighted by Gasteiger charge is -2.24. The molecular weight excluding hydrogens is 393 g/mol. The molecule has 0 bridgehead atoms. The van der Waals surface area contributed by atoms with Crippen LogP contribution in [0.5, 0.6) is 0 Å². The summed E-state index contributed by atoms with van der Waals surface area (Å²) >= 11 is 5.92. The van der Waals surface area contributed by atoms with Crippen LogP contribution < -0.4 is 5.32 Å². The molecule has 0 aromatic heterocycles. The lowest BCUT2D eigenvalue weighted by atomic mass is 9.78. The summed E-state index contributed by atoms with van der Waals surface area (Å²) in [6, 6.07) is 21.0. The third-order valence-corrected chi connectivity index (χ3v) is 5.87. The Balaban J connectivity index is 1.66. The van der Waals surface area contributed by atoms with Gasteiger partial charge in [0.15, 0.2) is 0 Å². The Hall–Kier alpha value is -2.76. The Labute approximate surface area is 184 Å². The number of benzene rings is 3. The van der Waals surface area contributed by atoms with Crippen LogP contribution in [-0.2, 0) is 18.3 Å². The monoisotopic (exact) mass is 419 g/mol. The van der Waals surface area contributed by atoms with Crippen LogP contribution in [0, 0.1) is 18.2 Å². The van der Waals surface area contributed by atoms with E-state index in [1.807, 2.05) is 24.3 Å². The van der Waals surface area contributed by atoms with Crippen LogP contribution in [0.15, 0.2) is 66.7 Å². The van der Waals surface area contributed by atoms with Gasteiger partial charge in [-0.15, -0.1) is 6.42 Å². The SMILES string of the molecule is C#CC(C)(CCCc1ccc(F)c(Nc2ccc(Cl)cc2)c1)c1ccc(CC)cc1. The van der Waals surface area contributed by atoms with Gasteiger partial charge in [0, 0.05) is 10.7 Å². The zero-order valence-electron chi connectivity index (χ0n) is 17.5. The van der Waals surface area contributed by atoms with E-state index in [9.17, 15) is 4.39 Å². The van der Waals surface area contributed by atoms with Crippen molar-refractivity contribution in [2.24, 2.45) is 0 Å². The minimum atomic E-state index is -0.309. The minimum Gasteiger partial charge on any atom is -0.353 e. The van der Waals surface area contributed by atoms with Gasteiger partial charge in [0.05, 0.1) is 11.1 Å². The Morgan fingerprint density at radius 2 is 1.67 bits per heavy atom. The van der Waals surface area contributed by atoms with E-state index >= 15 is 0 Å². The van der Waals surface area contributed by atoms with E-state index in [0.717, 1.165) is 36.9 Å². The highest BCUT2D eigenvalue weighted by molar-refractivity contribution is 6.30. The molecule has 1 unspecified atom stereocenters. The molecule has 0 heterocycles. The summed E-state index contributed by atoms with van der Waals surface area (Å²) in [7, 11) is 0. The summed E-state index contributed by atoms with van der Waals surface area (Å²) in [6.45, 7) is 4.26. The van der Waals surface area contributed by atoms with Gasteiger partial charge in [-0.3, -0.25) is 0 Å². The van der Waals surface area contributed by atoms with Crippen molar-refractivity contribution in [1.29, 1.82) is 0 Å². The number of anilines is 2. The van der Waals surface area contributed by atoms with E-state index in [1.54, 1.807) is 12.1 Å². The predicted molar refractivity (Wildman–Crippen MR) is 126 cm³/mol. The average Bonchev–Trinajstić information content (AvgIpc) is 2.77. The molecule has 1 atom stereocenters. The van der Waals surface area contributed by atoms with Crippen molar-refractivity contribution in [1.82, 2.24) is 0 Å². The molecule has 0 aliphatic rings. The molecule has 0 saturated heterocycles. The van der Waals surface area contributed by atoms with Gasteiger partial charge < -0.3 is 5.32 Å². The highest BCUT2D eigenvalue weighted by atomic mass is 35.5. The quantitative estimate of drug-likeness (QED) is 0.369. The Morgan fingerprint density at radius 1 is 1.00 bits per heavy atom. The zero-order valence-corrected chi connectivity index (χ0v) is 18.3. The highest BCUT2D eigenvalue weighted by Crippen LogP contribution is 2.30. The molecule has 30 heavy (non-hydrogen) atoms. The van der Waals surface area contributed by atoms with Crippen molar-refractivity contribution in [3.63, 3.8) is 0 Å². The van der Waals surface area contributed by atoms with E-state index in [2.05, 4.69) is 49.4 Å². The van der Waals surface area contributed by atoms with Gasteiger partial charge in [0.25, 0.3) is 0 Å². The molecule has 1 nitrogen and oxygen atoms in total. The maximum absolute atomic E-state index is 14.3. The maximum Gasteiger partial charge on any atom is 0.146 e. The summed E-state index contributed by atoms with van der Waals surface area (Å²) in [5.74, 6) is 2.71. The number of rotatable bonds is 8. The normalized spacial score (nSPS) is 12.8. The van der Waals surface area contributed by atoms with E-state index in [1.165, 1.54) is 17.2 Å². The molecule has 0 saturated carbocycles. The van der Waals surface area contributed by atoms with E-state index in [4.69, 9.17) is 18.0 Å². The van der Waals surface area contributed by atoms with Gasteiger partial charge in [0.2, 0.25) is 0 Å². The minimum absolute atomic E-state index is 0.279. The molecule has 3 heteroatoms. The fourth-order valence-corrected chi connectivity index (χ4v) is 3.69. The molecule has 1 N–H and O–H groups in total. The topological polar surface area (TPSA) is 12.0 Å². The fourth-order valence-electron chi connectivity index (χ4n) is 3.57. The van der Waals surface area contributed by atoms with Crippen molar-refractivity contribution in [2.45, 2.75) is 44.9 Å². The first-order chi connectivity index (χ1) is 14.4. The van der Waals surface area contributed by atoms with Crippen LogP contribution >= 0.6 is 11.6 Å². The smallest absolute Gasteiger partial charge is 0.146 e. The highest BCUT2D eigenvalue weighted by Gasteiger charge is 2.23. The molecule has 0 fully saturated rings. The second-order valence-corrected chi connectivity index (χ2v) is 8.26. The molecular formula is C27H27ClFN. The van der Waals surface area contributed by atoms with Crippen molar-refractivity contribution in [2.75, 3.05) is 5.32 Å². The third-order valence-electron chi connectivity index (χ3n) is 5.61. The summed E-state index contributed by atoms with van der Waals surface area (Å²) in [5, 5.41) is 3.78. The van der Waals surface area contributed by atoms with Gasteiger partial charge in [-0.05, 0) is 85.7 Å². The van der Waals surface area contributed by atoms with Crippen LogP contribution in [0.1, 0.15) is 43.4 Å². The average molecular weight is 420 g/mol. The maximum atomic E-state index is 14.3. The zero-order chi connectivity index (χ0) is 21.6. The van der Waals surface area contributed by atoms with Crippen molar-refractivity contribution < 1.29 is 4.39 Å². The predicted octanol–water partition coefficient (Wildman–Crippen LogP) is 7.70. The first-order valence-electron chi connectivity index (χ1n) is 10.3. The molecule has 3 aromatic carbocycles. The molecule has 0 spiro atoms. The van der Waals surface area contributed by atoms with Gasteiger partial charge in [-0.1, -0.05) is 54.8 Å². The van der Waals surface area contributed by atoms with Crippen molar-refractivity contribution >= 4 is 23.0 Å². The first-order valence-corrected chi connectivity index (χ1v) is 10.7. The number of halogens is 2.